The largest absolute Gasteiger partial charge is 0.309 e. The summed E-state index contributed by atoms with van der Waals surface area (Å²) in [6.45, 7) is 7.23. The first kappa shape index (κ1) is 10.5. The van der Waals surface area contributed by atoms with Crippen LogP contribution in [-0.2, 0) is 0 Å². The van der Waals surface area contributed by atoms with Crippen molar-refractivity contribution in [3.63, 3.8) is 0 Å². The highest BCUT2D eigenvalue weighted by Gasteiger charge is 2.44. The summed E-state index contributed by atoms with van der Waals surface area (Å²) in [5.41, 5.74) is 1.07. The first-order chi connectivity index (χ1) is 6.54. The Morgan fingerprint density at radius 1 is 0.929 bits per heavy atom. The summed E-state index contributed by atoms with van der Waals surface area (Å²) in [6.07, 6.45) is 9.91. The fourth-order valence-electron chi connectivity index (χ4n) is 2.80. The van der Waals surface area contributed by atoms with Crippen molar-refractivity contribution in [1.82, 2.24) is 5.32 Å². The summed E-state index contributed by atoms with van der Waals surface area (Å²) >= 11 is 0. The summed E-state index contributed by atoms with van der Waals surface area (Å²) in [5, 5.41) is 3.90. The van der Waals surface area contributed by atoms with Crippen molar-refractivity contribution < 1.29 is 0 Å². The number of hydrogen-bond donors (Lipinski definition) is 1. The SMILES string of the molecule is CC(NC1(C)CCCCC1)C1(C)CC1. The first-order valence-electron chi connectivity index (χ1n) is 6.32. The molecule has 2 aliphatic rings. The van der Waals surface area contributed by atoms with Gasteiger partial charge >= 0.3 is 0 Å². The van der Waals surface area contributed by atoms with Crippen LogP contribution < -0.4 is 5.32 Å². The summed E-state index contributed by atoms with van der Waals surface area (Å²) in [4.78, 5) is 0. The predicted octanol–water partition coefficient (Wildman–Crippen LogP) is 3.49. The van der Waals surface area contributed by atoms with Crippen molar-refractivity contribution in [2.24, 2.45) is 5.41 Å². The molecule has 0 aliphatic heterocycles. The fraction of sp³-hybridized carbons (Fsp3) is 1.00. The van der Waals surface area contributed by atoms with E-state index in [2.05, 4.69) is 26.1 Å². The zero-order valence-corrected chi connectivity index (χ0v) is 10.0. The third-order valence-corrected chi connectivity index (χ3v) is 4.61. The number of rotatable bonds is 3. The summed E-state index contributed by atoms with van der Waals surface area (Å²) in [5.74, 6) is 0. The molecular weight excluding hydrogens is 170 g/mol. The molecule has 1 atom stereocenters. The smallest absolute Gasteiger partial charge is 0.0156 e. The highest BCUT2D eigenvalue weighted by Crippen LogP contribution is 2.48. The minimum Gasteiger partial charge on any atom is -0.309 e. The maximum atomic E-state index is 3.90. The zero-order valence-electron chi connectivity index (χ0n) is 10.0. The van der Waals surface area contributed by atoms with Crippen LogP contribution in [0.4, 0.5) is 0 Å². The second kappa shape index (κ2) is 3.52. The molecule has 82 valence electrons. The normalized spacial score (nSPS) is 31.1. The zero-order chi connectivity index (χ0) is 10.2. The molecule has 2 rings (SSSR count). The van der Waals surface area contributed by atoms with E-state index in [-0.39, 0.29) is 0 Å². The predicted molar refractivity (Wildman–Crippen MR) is 61.4 cm³/mol. The van der Waals surface area contributed by atoms with Crippen molar-refractivity contribution in [2.45, 2.75) is 77.3 Å². The molecule has 0 bridgehead atoms. The Bertz CT molecular complexity index is 199. The van der Waals surface area contributed by atoms with Gasteiger partial charge in [-0.25, -0.2) is 0 Å². The quantitative estimate of drug-likeness (QED) is 0.727. The molecule has 1 unspecified atom stereocenters. The van der Waals surface area contributed by atoms with Crippen molar-refractivity contribution in [3.8, 4) is 0 Å². The van der Waals surface area contributed by atoms with Crippen molar-refractivity contribution >= 4 is 0 Å². The van der Waals surface area contributed by atoms with E-state index in [1.807, 2.05) is 0 Å². The lowest BCUT2D eigenvalue weighted by Gasteiger charge is -2.39. The van der Waals surface area contributed by atoms with Gasteiger partial charge in [-0.2, -0.15) is 0 Å². The molecule has 0 aromatic heterocycles. The van der Waals surface area contributed by atoms with E-state index in [1.165, 1.54) is 44.9 Å². The van der Waals surface area contributed by atoms with Crippen LogP contribution in [0.5, 0.6) is 0 Å². The van der Waals surface area contributed by atoms with Crippen molar-refractivity contribution in [3.05, 3.63) is 0 Å². The van der Waals surface area contributed by atoms with Gasteiger partial charge in [0, 0.05) is 11.6 Å². The lowest BCUT2D eigenvalue weighted by Crippen LogP contribution is -2.50. The van der Waals surface area contributed by atoms with Crippen LogP contribution in [-0.4, -0.2) is 11.6 Å². The fourth-order valence-corrected chi connectivity index (χ4v) is 2.80. The molecule has 0 spiro atoms. The molecule has 0 saturated heterocycles. The molecule has 1 heteroatoms. The monoisotopic (exact) mass is 195 g/mol. The van der Waals surface area contributed by atoms with Gasteiger partial charge < -0.3 is 5.32 Å². The van der Waals surface area contributed by atoms with E-state index in [9.17, 15) is 0 Å². The summed E-state index contributed by atoms with van der Waals surface area (Å²) in [7, 11) is 0. The summed E-state index contributed by atoms with van der Waals surface area (Å²) < 4.78 is 0. The molecule has 1 nitrogen and oxygen atoms in total. The van der Waals surface area contributed by atoms with Gasteiger partial charge in [0.05, 0.1) is 0 Å². The number of hydrogen-bond acceptors (Lipinski definition) is 1. The topological polar surface area (TPSA) is 12.0 Å². The summed E-state index contributed by atoms with van der Waals surface area (Å²) in [6, 6.07) is 0.714. The van der Waals surface area contributed by atoms with E-state index < -0.39 is 0 Å². The first-order valence-corrected chi connectivity index (χ1v) is 6.32. The molecule has 2 fully saturated rings. The van der Waals surface area contributed by atoms with Crippen LogP contribution in [0.2, 0.25) is 0 Å². The molecule has 0 amide bonds. The van der Waals surface area contributed by atoms with E-state index in [4.69, 9.17) is 0 Å². The maximum Gasteiger partial charge on any atom is 0.0156 e. The van der Waals surface area contributed by atoms with Gasteiger partial charge in [0.1, 0.15) is 0 Å². The van der Waals surface area contributed by atoms with Crippen LogP contribution in [0, 0.1) is 5.41 Å². The highest BCUT2D eigenvalue weighted by atomic mass is 15.0. The van der Waals surface area contributed by atoms with E-state index in [1.54, 1.807) is 0 Å². The maximum absolute atomic E-state index is 3.90. The average Bonchev–Trinajstić information content (AvgIpc) is 2.85. The van der Waals surface area contributed by atoms with Gasteiger partial charge in [0.15, 0.2) is 0 Å². The van der Waals surface area contributed by atoms with Crippen LogP contribution in [0.1, 0.15) is 65.7 Å². The van der Waals surface area contributed by atoms with Crippen LogP contribution in [0.3, 0.4) is 0 Å². The molecule has 0 aromatic rings. The second-order valence-corrected chi connectivity index (χ2v) is 6.14. The van der Waals surface area contributed by atoms with Crippen LogP contribution >= 0.6 is 0 Å². The Labute approximate surface area is 88.7 Å². The van der Waals surface area contributed by atoms with E-state index >= 15 is 0 Å². The minimum atomic E-state index is 0.448. The molecule has 2 aliphatic carbocycles. The Morgan fingerprint density at radius 2 is 1.50 bits per heavy atom. The Kier molecular flexibility index (Phi) is 2.63. The second-order valence-electron chi connectivity index (χ2n) is 6.14. The third kappa shape index (κ3) is 2.13. The molecular formula is C13H25N. The molecule has 0 radical (unpaired) electrons. The average molecular weight is 195 g/mol. The van der Waals surface area contributed by atoms with E-state index in [0.29, 0.717) is 17.0 Å². The molecule has 0 heterocycles. The molecule has 1 N–H and O–H groups in total. The van der Waals surface area contributed by atoms with Gasteiger partial charge in [-0.15, -0.1) is 0 Å². The minimum absolute atomic E-state index is 0.448. The molecule has 14 heavy (non-hydrogen) atoms. The Hall–Kier alpha value is -0.0400. The van der Waals surface area contributed by atoms with Crippen LogP contribution in [0.25, 0.3) is 0 Å². The highest BCUT2D eigenvalue weighted by molar-refractivity contribution is 5.00. The van der Waals surface area contributed by atoms with Gasteiger partial charge in [-0.3, -0.25) is 0 Å². The Morgan fingerprint density at radius 3 is 2.00 bits per heavy atom. The Balaban J connectivity index is 1.88. The van der Waals surface area contributed by atoms with Crippen molar-refractivity contribution in [1.29, 1.82) is 0 Å². The lowest BCUT2D eigenvalue weighted by molar-refractivity contribution is 0.202. The lowest BCUT2D eigenvalue weighted by atomic mass is 9.82. The third-order valence-electron chi connectivity index (χ3n) is 4.61. The molecule has 0 aromatic carbocycles. The van der Waals surface area contributed by atoms with Gasteiger partial charge in [0.25, 0.3) is 0 Å². The number of nitrogens with one attached hydrogen (secondary N) is 1. The van der Waals surface area contributed by atoms with E-state index in [0.717, 1.165) is 0 Å². The van der Waals surface area contributed by atoms with Gasteiger partial charge in [-0.05, 0) is 44.9 Å². The van der Waals surface area contributed by atoms with Gasteiger partial charge in [0.2, 0.25) is 0 Å². The van der Waals surface area contributed by atoms with Crippen molar-refractivity contribution in [2.75, 3.05) is 0 Å². The van der Waals surface area contributed by atoms with Crippen LogP contribution in [0.15, 0.2) is 0 Å². The van der Waals surface area contributed by atoms with Gasteiger partial charge in [-0.1, -0.05) is 26.2 Å². The molecule has 2 saturated carbocycles. The standard InChI is InChI=1S/C13H25N/c1-11(12(2)9-10-12)14-13(3)7-5-4-6-8-13/h11,14H,4-10H2,1-3H3.